The summed E-state index contributed by atoms with van der Waals surface area (Å²) in [6, 6.07) is 14.1. The van der Waals surface area contributed by atoms with Gasteiger partial charge in [-0.15, -0.1) is 0 Å². The highest BCUT2D eigenvalue weighted by Gasteiger charge is 2.15. The molecule has 0 heterocycles. The zero-order valence-corrected chi connectivity index (χ0v) is 14.1. The lowest BCUT2D eigenvalue weighted by atomic mass is 9.95. The molecule has 0 amide bonds. The van der Waals surface area contributed by atoms with Gasteiger partial charge in [0.2, 0.25) is 0 Å². The highest BCUT2D eigenvalue weighted by Crippen LogP contribution is 2.29. The molecule has 0 aliphatic rings. The summed E-state index contributed by atoms with van der Waals surface area (Å²) in [6.07, 6.45) is 0.173. The molecule has 3 nitrogen and oxygen atoms in total. The zero-order chi connectivity index (χ0) is 15.4. The molecule has 112 valence electrons. The number of rotatable bonds is 5. The predicted molar refractivity (Wildman–Crippen MR) is 90.3 cm³/mol. The van der Waals surface area contributed by atoms with E-state index in [2.05, 4.69) is 34.3 Å². The average molecular weight is 349 g/mol. The van der Waals surface area contributed by atoms with Crippen molar-refractivity contribution in [3.8, 4) is 5.75 Å². The first-order valence-corrected chi connectivity index (χ1v) is 7.80. The lowest BCUT2D eigenvalue weighted by Gasteiger charge is -2.20. The third-order valence-electron chi connectivity index (χ3n) is 3.37. The predicted octanol–water partition coefficient (Wildman–Crippen LogP) is 4.10. The van der Waals surface area contributed by atoms with Crippen LogP contribution in [-0.2, 0) is 0 Å². The van der Waals surface area contributed by atoms with Crippen LogP contribution in [0.3, 0.4) is 0 Å². The monoisotopic (exact) mass is 348 g/mol. The molecule has 0 saturated carbocycles. The molecule has 3 N–H and O–H groups in total. The minimum atomic E-state index is -0.0457. The first-order valence-electron chi connectivity index (χ1n) is 7.00. The van der Waals surface area contributed by atoms with Crippen molar-refractivity contribution in [1.82, 2.24) is 5.43 Å². The van der Waals surface area contributed by atoms with Crippen LogP contribution in [-0.4, -0.2) is 6.10 Å². The quantitative estimate of drug-likeness (QED) is 0.631. The molecule has 0 aromatic heterocycles. The van der Waals surface area contributed by atoms with Gasteiger partial charge in [0.05, 0.1) is 12.1 Å². The van der Waals surface area contributed by atoms with Crippen LogP contribution in [0, 0.1) is 6.92 Å². The fourth-order valence-corrected chi connectivity index (χ4v) is 2.69. The maximum Gasteiger partial charge on any atom is 0.119 e. The molecule has 2 aromatic rings. The Balaban J connectivity index is 2.31. The summed E-state index contributed by atoms with van der Waals surface area (Å²) in [4.78, 5) is 0. The minimum absolute atomic E-state index is 0.0457. The summed E-state index contributed by atoms with van der Waals surface area (Å²) in [5.41, 5.74) is 6.35. The summed E-state index contributed by atoms with van der Waals surface area (Å²) in [7, 11) is 0. The molecule has 21 heavy (non-hydrogen) atoms. The molecule has 0 radical (unpaired) electrons. The Bertz CT molecular complexity index is 596. The molecule has 1 unspecified atom stereocenters. The van der Waals surface area contributed by atoms with Crippen molar-refractivity contribution in [2.45, 2.75) is 32.9 Å². The van der Waals surface area contributed by atoms with E-state index in [0.29, 0.717) is 0 Å². The van der Waals surface area contributed by atoms with Crippen molar-refractivity contribution in [2.75, 3.05) is 0 Å². The van der Waals surface area contributed by atoms with E-state index in [1.807, 2.05) is 50.2 Å². The maximum absolute atomic E-state index is 5.78. The molecule has 1 atom stereocenters. The van der Waals surface area contributed by atoms with Crippen molar-refractivity contribution < 1.29 is 4.74 Å². The average Bonchev–Trinajstić information content (AvgIpc) is 2.45. The Morgan fingerprint density at radius 1 is 1.10 bits per heavy atom. The molecule has 0 aliphatic carbocycles. The van der Waals surface area contributed by atoms with Gasteiger partial charge in [0.25, 0.3) is 0 Å². The summed E-state index contributed by atoms with van der Waals surface area (Å²) in [5.74, 6) is 6.65. The van der Waals surface area contributed by atoms with E-state index in [1.165, 1.54) is 5.56 Å². The summed E-state index contributed by atoms with van der Waals surface area (Å²) >= 11 is 3.57. The largest absolute Gasteiger partial charge is 0.491 e. The van der Waals surface area contributed by atoms with Crippen LogP contribution in [0.25, 0.3) is 0 Å². The SMILES string of the molecule is Cc1c(Br)cccc1C(NN)c1ccc(OC(C)C)cc1. The van der Waals surface area contributed by atoms with E-state index in [-0.39, 0.29) is 12.1 Å². The van der Waals surface area contributed by atoms with Gasteiger partial charge >= 0.3 is 0 Å². The van der Waals surface area contributed by atoms with Crippen molar-refractivity contribution in [3.05, 3.63) is 63.6 Å². The first kappa shape index (κ1) is 16.0. The lowest BCUT2D eigenvalue weighted by molar-refractivity contribution is 0.242. The molecule has 0 spiro atoms. The highest BCUT2D eigenvalue weighted by atomic mass is 79.9. The van der Waals surface area contributed by atoms with E-state index in [9.17, 15) is 0 Å². The van der Waals surface area contributed by atoms with Gasteiger partial charge < -0.3 is 4.74 Å². The van der Waals surface area contributed by atoms with Gasteiger partial charge in [0.15, 0.2) is 0 Å². The number of hydrogen-bond donors (Lipinski definition) is 2. The fraction of sp³-hybridized carbons (Fsp3) is 0.294. The van der Waals surface area contributed by atoms with Gasteiger partial charge in [0, 0.05) is 4.47 Å². The van der Waals surface area contributed by atoms with E-state index in [4.69, 9.17) is 10.6 Å². The normalized spacial score (nSPS) is 12.5. The molecular weight excluding hydrogens is 328 g/mol. The number of nitrogens with two attached hydrogens (primary N) is 1. The van der Waals surface area contributed by atoms with E-state index in [1.54, 1.807) is 0 Å². The Kier molecular flexibility index (Phi) is 5.39. The van der Waals surface area contributed by atoms with Gasteiger partial charge in [0.1, 0.15) is 5.75 Å². The number of nitrogens with one attached hydrogen (secondary N) is 1. The Morgan fingerprint density at radius 2 is 1.76 bits per heavy atom. The number of hydrogen-bond acceptors (Lipinski definition) is 3. The minimum Gasteiger partial charge on any atom is -0.491 e. The Hall–Kier alpha value is -1.36. The van der Waals surface area contributed by atoms with Crippen molar-refractivity contribution in [1.29, 1.82) is 0 Å². The van der Waals surface area contributed by atoms with E-state index >= 15 is 0 Å². The highest BCUT2D eigenvalue weighted by molar-refractivity contribution is 9.10. The standard InChI is InChI=1S/C17H21BrN2O/c1-11(2)21-14-9-7-13(8-10-14)17(20-19)15-5-4-6-16(18)12(15)3/h4-11,17,20H,19H2,1-3H3. The molecular formula is C17H21BrN2O. The summed E-state index contributed by atoms with van der Waals surface area (Å²) < 4.78 is 6.76. The second kappa shape index (κ2) is 7.07. The third-order valence-corrected chi connectivity index (χ3v) is 4.23. The number of benzene rings is 2. The summed E-state index contributed by atoms with van der Waals surface area (Å²) in [5, 5.41) is 0. The smallest absolute Gasteiger partial charge is 0.119 e. The van der Waals surface area contributed by atoms with Crippen molar-refractivity contribution in [2.24, 2.45) is 5.84 Å². The van der Waals surface area contributed by atoms with Crippen LogP contribution >= 0.6 is 15.9 Å². The molecule has 0 fully saturated rings. The molecule has 0 saturated heterocycles. The fourth-order valence-electron chi connectivity index (χ4n) is 2.31. The third kappa shape index (κ3) is 3.84. The molecule has 4 heteroatoms. The van der Waals surface area contributed by atoms with Crippen LogP contribution in [0.4, 0.5) is 0 Å². The van der Waals surface area contributed by atoms with E-state index in [0.717, 1.165) is 21.3 Å². The van der Waals surface area contributed by atoms with Crippen molar-refractivity contribution >= 4 is 15.9 Å². The van der Waals surface area contributed by atoms with Gasteiger partial charge in [-0.1, -0.05) is 40.2 Å². The molecule has 0 aliphatic heterocycles. The zero-order valence-electron chi connectivity index (χ0n) is 12.6. The van der Waals surface area contributed by atoms with Crippen LogP contribution in [0.2, 0.25) is 0 Å². The first-order chi connectivity index (χ1) is 10.0. The second-order valence-electron chi connectivity index (χ2n) is 5.29. The Labute approximate surface area is 134 Å². The van der Waals surface area contributed by atoms with Crippen molar-refractivity contribution in [3.63, 3.8) is 0 Å². The van der Waals surface area contributed by atoms with Gasteiger partial charge in [-0.2, -0.15) is 0 Å². The van der Waals surface area contributed by atoms with Crippen LogP contribution in [0.1, 0.15) is 36.6 Å². The van der Waals surface area contributed by atoms with Gasteiger partial charge in [-0.05, 0) is 55.7 Å². The number of ether oxygens (including phenoxy) is 1. The molecule has 2 aromatic carbocycles. The van der Waals surface area contributed by atoms with Crippen LogP contribution in [0.15, 0.2) is 46.9 Å². The van der Waals surface area contributed by atoms with Gasteiger partial charge in [-0.3, -0.25) is 5.84 Å². The second-order valence-corrected chi connectivity index (χ2v) is 6.14. The lowest BCUT2D eigenvalue weighted by Crippen LogP contribution is -2.29. The Morgan fingerprint density at radius 3 is 2.33 bits per heavy atom. The maximum atomic E-state index is 5.78. The topological polar surface area (TPSA) is 47.3 Å². The molecule has 0 bridgehead atoms. The van der Waals surface area contributed by atoms with Crippen LogP contribution in [0.5, 0.6) is 5.75 Å². The number of halogens is 1. The van der Waals surface area contributed by atoms with Gasteiger partial charge in [-0.25, -0.2) is 5.43 Å². The van der Waals surface area contributed by atoms with E-state index < -0.39 is 0 Å². The summed E-state index contributed by atoms with van der Waals surface area (Å²) in [6.45, 7) is 6.12. The molecule has 2 rings (SSSR count). The van der Waals surface area contributed by atoms with Crippen LogP contribution < -0.4 is 16.0 Å². The number of hydrazine groups is 1.